The zero-order chi connectivity index (χ0) is 17.6. The lowest BCUT2D eigenvalue weighted by Gasteiger charge is -2.13. The summed E-state index contributed by atoms with van der Waals surface area (Å²) >= 11 is 0. The van der Waals surface area contributed by atoms with Gasteiger partial charge in [0.25, 0.3) is 5.91 Å². The minimum Gasteiger partial charge on any atom is -0.489 e. The molecule has 1 aliphatic rings. The van der Waals surface area contributed by atoms with Gasteiger partial charge < -0.3 is 15.2 Å². The third-order valence-electron chi connectivity index (χ3n) is 4.11. The largest absolute Gasteiger partial charge is 0.489 e. The van der Waals surface area contributed by atoms with Crippen LogP contribution in [0.3, 0.4) is 0 Å². The Kier molecular flexibility index (Phi) is 5.46. The smallest absolute Gasteiger partial charge is 0.251 e. The van der Waals surface area contributed by atoms with Crippen molar-refractivity contribution in [2.24, 2.45) is 5.92 Å². The van der Waals surface area contributed by atoms with E-state index >= 15 is 0 Å². The molecule has 4 nitrogen and oxygen atoms in total. The fourth-order valence-corrected chi connectivity index (χ4v) is 2.79. The van der Waals surface area contributed by atoms with Crippen molar-refractivity contribution in [1.29, 1.82) is 0 Å². The Bertz CT molecular complexity index is 775. The van der Waals surface area contributed by atoms with Crippen molar-refractivity contribution < 1.29 is 19.0 Å². The molecule has 0 saturated heterocycles. The molecule has 2 aromatic carbocycles. The molecule has 0 heterocycles. The summed E-state index contributed by atoms with van der Waals surface area (Å²) in [6, 6.07) is 13.0. The number of carbonyl (C=O) groups is 1. The van der Waals surface area contributed by atoms with E-state index in [4.69, 9.17) is 9.84 Å². The molecule has 3 rings (SSSR count). The number of hydrogen-bond donors (Lipinski definition) is 2. The van der Waals surface area contributed by atoms with Crippen LogP contribution in [0.5, 0.6) is 5.75 Å². The summed E-state index contributed by atoms with van der Waals surface area (Å²) in [5, 5.41) is 12.1. The molecule has 0 aromatic heterocycles. The molecule has 0 radical (unpaired) electrons. The normalized spacial score (nSPS) is 19.0. The standard InChI is InChI=1S/C20H20FNO3/c21-17-5-2-6-19(11-17)25-13-15-3-1-4-16(9-15)20(24)22-18-8-7-14(10-18)12-23/h1-9,11,14,18,23H,10,12-13H2,(H,22,24)/t14-,18+/m0/s1. The molecular formula is C20H20FNO3. The number of amides is 1. The number of ether oxygens (including phenoxy) is 1. The molecule has 0 spiro atoms. The van der Waals surface area contributed by atoms with Gasteiger partial charge in [0.05, 0.1) is 0 Å². The second-order valence-electron chi connectivity index (χ2n) is 6.09. The van der Waals surface area contributed by atoms with Gasteiger partial charge in [0.2, 0.25) is 0 Å². The third-order valence-corrected chi connectivity index (χ3v) is 4.11. The number of benzene rings is 2. The maximum absolute atomic E-state index is 13.2. The minimum absolute atomic E-state index is 0.0585. The average molecular weight is 341 g/mol. The van der Waals surface area contributed by atoms with Crippen LogP contribution < -0.4 is 10.1 Å². The fourth-order valence-electron chi connectivity index (χ4n) is 2.79. The first kappa shape index (κ1) is 17.2. The van der Waals surface area contributed by atoms with E-state index in [-0.39, 0.29) is 36.9 Å². The SMILES string of the molecule is O=C(N[C@@H]1C=C[C@H](CO)C1)c1cccc(COc2cccc(F)c2)c1. The molecule has 0 aliphatic heterocycles. The molecule has 130 valence electrons. The molecule has 0 saturated carbocycles. The average Bonchev–Trinajstić information content (AvgIpc) is 3.08. The van der Waals surface area contributed by atoms with Crippen molar-refractivity contribution in [3.8, 4) is 5.75 Å². The number of rotatable bonds is 6. The van der Waals surface area contributed by atoms with Crippen LogP contribution in [0.1, 0.15) is 22.3 Å². The van der Waals surface area contributed by atoms with Crippen LogP contribution in [0.2, 0.25) is 0 Å². The van der Waals surface area contributed by atoms with Gasteiger partial charge >= 0.3 is 0 Å². The molecule has 2 N–H and O–H groups in total. The highest BCUT2D eigenvalue weighted by molar-refractivity contribution is 5.94. The van der Waals surface area contributed by atoms with Crippen molar-refractivity contribution in [2.75, 3.05) is 6.61 Å². The van der Waals surface area contributed by atoms with Gasteiger partial charge in [-0.3, -0.25) is 4.79 Å². The third kappa shape index (κ3) is 4.67. The molecular weight excluding hydrogens is 321 g/mol. The van der Waals surface area contributed by atoms with Crippen LogP contribution in [-0.2, 0) is 6.61 Å². The zero-order valence-corrected chi connectivity index (χ0v) is 13.7. The summed E-state index contributed by atoms with van der Waals surface area (Å²) in [5.74, 6) is 0.0366. The van der Waals surface area contributed by atoms with E-state index in [2.05, 4.69) is 5.32 Å². The van der Waals surface area contributed by atoms with Gasteiger partial charge in [-0.1, -0.05) is 30.4 Å². The van der Waals surface area contributed by atoms with Gasteiger partial charge in [-0.2, -0.15) is 0 Å². The van der Waals surface area contributed by atoms with Crippen LogP contribution in [0, 0.1) is 11.7 Å². The Labute approximate surface area is 145 Å². The lowest BCUT2D eigenvalue weighted by molar-refractivity contribution is 0.0941. The summed E-state index contributed by atoms with van der Waals surface area (Å²) < 4.78 is 18.7. The Hall–Kier alpha value is -2.66. The van der Waals surface area contributed by atoms with Crippen LogP contribution in [-0.4, -0.2) is 23.7 Å². The Balaban J connectivity index is 1.59. The van der Waals surface area contributed by atoms with E-state index in [0.717, 1.165) is 5.56 Å². The van der Waals surface area contributed by atoms with Gasteiger partial charge in [-0.25, -0.2) is 4.39 Å². The predicted octanol–water partition coefficient (Wildman–Crippen LogP) is 3.07. The molecule has 1 amide bonds. The van der Waals surface area contributed by atoms with Crippen molar-refractivity contribution in [3.05, 3.63) is 77.6 Å². The Morgan fingerprint density at radius 2 is 2.04 bits per heavy atom. The van der Waals surface area contributed by atoms with Crippen LogP contribution >= 0.6 is 0 Å². The van der Waals surface area contributed by atoms with Crippen molar-refractivity contribution in [1.82, 2.24) is 5.32 Å². The minimum atomic E-state index is -0.351. The number of carbonyl (C=O) groups excluding carboxylic acids is 1. The first-order valence-corrected chi connectivity index (χ1v) is 8.21. The summed E-state index contributed by atoms with van der Waals surface area (Å²) in [5.41, 5.74) is 1.37. The maximum Gasteiger partial charge on any atom is 0.251 e. The lowest BCUT2D eigenvalue weighted by Crippen LogP contribution is -2.32. The molecule has 2 atom stereocenters. The number of nitrogens with one attached hydrogen (secondary N) is 1. The van der Waals surface area contributed by atoms with Gasteiger partial charge in [0.15, 0.2) is 0 Å². The highest BCUT2D eigenvalue weighted by Gasteiger charge is 2.20. The van der Waals surface area contributed by atoms with Crippen LogP contribution in [0.25, 0.3) is 0 Å². The Morgan fingerprint density at radius 1 is 1.20 bits per heavy atom. The second-order valence-corrected chi connectivity index (χ2v) is 6.09. The van der Waals surface area contributed by atoms with E-state index in [0.29, 0.717) is 17.7 Å². The highest BCUT2D eigenvalue weighted by Crippen LogP contribution is 2.18. The van der Waals surface area contributed by atoms with E-state index in [9.17, 15) is 9.18 Å². The summed E-state index contributed by atoms with van der Waals surface area (Å²) in [6.45, 7) is 0.344. The van der Waals surface area contributed by atoms with Gasteiger partial charge in [-0.15, -0.1) is 0 Å². The van der Waals surface area contributed by atoms with Crippen molar-refractivity contribution in [2.45, 2.75) is 19.1 Å². The van der Waals surface area contributed by atoms with Gasteiger partial charge in [0, 0.05) is 30.2 Å². The molecule has 2 aromatic rings. The van der Waals surface area contributed by atoms with E-state index in [1.54, 1.807) is 30.3 Å². The molecule has 0 bridgehead atoms. The van der Waals surface area contributed by atoms with Gasteiger partial charge in [-0.05, 0) is 36.2 Å². The molecule has 25 heavy (non-hydrogen) atoms. The van der Waals surface area contributed by atoms with E-state index in [1.165, 1.54) is 12.1 Å². The van der Waals surface area contributed by atoms with Gasteiger partial charge in [0.1, 0.15) is 18.2 Å². The summed E-state index contributed by atoms with van der Waals surface area (Å²) in [4.78, 5) is 12.4. The number of halogens is 1. The topological polar surface area (TPSA) is 58.6 Å². The monoisotopic (exact) mass is 341 g/mol. The fraction of sp³-hybridized carbons (Fsp3) is 0.250. The first-order chi connectivity index (χ1) is 12.1. The van der Waals surface area contributed by atoms with Crippen LogP contribution in [0.4, 0.5) is 4.39 Å². The van der Waals surface area contributed by atoms with Crippen molar-refractivity contribution >= 4 is 5.91 Å². The highest BCUT2D eigenvalue weighted by atomic mass is 19.1. The summed E-state index contributed by atoms with van der Waals surface area (Å²) in [7, 11) is 0. The van der Waals surface area contributed by atoms with E-state index < -0.39 is 0 Å². The molecule has 1 aliphatic carbocycles. The lowest BCUT2D eigenvalue weighted by atomic mass is 10.1. The van der Waals surface area contributed by atoms with Crippen molar-refractivity contribution in [3.63, 3.8) is 0 Å². The number of aliphatic hydroxyl groups is 1. The Morgan fingerprint density at radius 3 is 2.80 bits per heavy atom. The second kappa shape index (κ2) is 7.94. The number of aliphatic hydroxyl groups excluding tert-OH is 1. The molecule has 0 fully saturated rings. The maximum atomic E-state index is 13.2. The van der Waals surface area contributed by atoms with E-state index in [1.807, 2.05) is 18.2 Å². The molecule has 0 unspecified atom stereocenters. The predicted molar refractivity (Wildman–Crippen MR) is 92.8 cm³/mol. The van der Waals surface area contributed by atoms with Crippen LogP contribution in [0.15, 0.2) is 60.7 Å². The number of hydrogen-bond acceptors (Lipinski definition) is 3. The first-order valence-electron chi connectivity index (χ1n) is 8.21. The zero-order valence-electron chi connectivity index (χ0n) is 13.7. The molecule has 5 heteroatoms. The summed E-state index contributed by atoms with van der Waals surface area (Å²) in [6.07, 6.45) is 4.55. The quantitative estimate of drug-likeness (QED) is 0.794.